The molecule has 0 bridgehead atoms. The number of urea groups is 1. The molecule has 0 atom stereocenters. The van der Waals surface area contributed by atoms with Crippen LogP contribution in [0.15, 0.2) is 59.5 Å². The molecule has 1 saturated heterocycles. The minimum absolute atomic E-state index is 0.239. The summed E-state index contributed by atoms with van der Waals surface area (Å²) in [5, 5.41) is 5.28. The number of morpholine rings is 1. The molecular formula is C23H25FN5O2S+. The molecule has 7 nitrogen and oxygen atoms in total. The van der Waals surface area contributed by atoms with Crippen molar-refractivity contribution in [2.45, 2.75) is 10.6 Å². The van der Waals surface area contributed by atoms with Gasteiger partial charge in [0.25, 0.3) is 0 Å². The average molecular weight is 455 g/mol. The fourth-order valence-electron chi connectivity index (χ4n) is 3.26. The van der Waals surface area contributed by atoms with Gasteiger partial charge in [-0.25, -0.2) is 19.2 Å². The van der Waals surface area contributed by atoms with Crippen molar-refractivity contribution in [1.29, 1.82) is 0 Å². The quantitative estimate of drug-likeness (QED) is 0.442. The summed E-state index contributed by atoms with van der Waals surface area (Å²) in [6.07, 6.45) is 0. The predicted molar refractivity (Wildman–Crippen MR) is 126 cm³/mol. The molecule has 0 radical (unpaired) electrons. The Morgan fingerprint density at radius 3 is 2.50 bits per heavy atom. The fourth-order valence-corrected chi connectivity index (χ4v) is 4.13. The lowest BCUT2D eigenvalue weighted by molar-refractivity contribution is 0.122. The summed E-state index contributed by atoms with van der Waals surface area (Å²) in [6.45, 7) is 2.89. The summed E-state index contributed by atoms with van der Waals surface area (Å²) in [5.74, 6) is 1.95. The summed E-state index contributed by atoms with van der Waals surface area (Å²) >= 11 is 1.04. The Bertz CT molecular complexity index is 1060. The summed E-state index contributed by atoms with van der Waals surface area (Å²) in [5.41, 5.74) is 2.46. The highest BCUT2D eigenvalue weighted by Crippen LogP contribution is 2.23. The molecule has 0 saturated carbocycles. The summed E-state index contributed by atoms with van der Waals surface area (Å²) in [4.78, 5) is 24.4. The molecule has 2 amide bonds. The molecule has 2 N–H and O–H groups in total. The zero-order valence-electron chi connectivity index (χ0n) is 17.7. The molecule has 0 aliphatic carbocycles. The summed E-state index contributed by atoms with van der Waals surface area (Å²) in [7, 11) is 1.57. The van der Waals surface area contributed by atoms with Crippen molar-refractivity contribution in [3.63, 3.8) is 0 Å². The molecule has 1 aromatic heterocycles. The van der Waals surface area contributed by atoms with Crippen molar-refractivity contribution in [1.82, 2.24) is 15.3 Å². The van der Waals surface area contributed by atoms with E-state index in [9.17, 15) is 9.18 Å². The first-order valence-corrected chi connectivity index (χ1v) is 11.4. The predicted octanol–water partition coefficient (Wildman–Crippen LogP) is 3.24. The van der Waals surface area contributed by atoms with Gasteiger partial charge >= 0.3 is 6.03 Å². The van der Waals surface area contributed by atoms with Crippen LogP contribution in [0.5, 0.6) is 0 Å². The van der Waals surface area contributed by atoms with Crippen LogP contribution >= 0.6 is 0 Å². The normalized spacial score (nSPS) is 13.6. The molecule has 2 heterocycles. The zero-order chi connectivity index (χ0) is 22.3. The van der Waals surface area contributed by atoms with Gasteiger partial charge in [-0.15, -0.1) is 0 Å². The number of hydrogen-bond acceptors (Lipinski definition) is 5. The first kappa shape index (κ1) is 22.0. The van der Waals surface area contributed by atoms with Gasteiger partial charge < -0.3 is 20.3 Å². The molecule has 32 heavy (non-hydrogen) atoms. The highest BCUT2D eigenvalue weighted by atomic mass is 32.2. The van der Waals surface area contributed by atoms with Crippen molar-refractivity contribution in [3.05, 3.63) is 66.1 Å². The van der Waals surface area contributed by atoms with Gasteiger partial charge in [-0.2, -0.15) is 0 Å². The monoisotopic (exact) mass is 454 g/mol. The lowest BCUT2D eigenvalue weighted by Gasteiger charge is -2.28. The van der Waals surface area contributed by atoms with Crippen LogP contribution in [0.25, 0.3) is 11.4 Å². The van der Waals surface area contributed by atoms with E-state index in [1.165, 1.54) is 12.1 Å². The second-order valence-electron chi connectivity index (χ2n) is 7.21. The Balaban J connectivity index is 1.59. The molecule has 4 rings (SSSR count). The van der Waals surface area contributed by atoms with Gasteiger partial charge in [0.15, 0.2) is 16.5 Å². The van der Waals surface area contributed by atoms with E-state index in [2.05, 4.69) is 15.5 Å². The van der Waals surface area contributed by atoms with Crippen molar-refractivity contribution >= 4 is 29.3 Å². The van der Waals surface area contributed by atoms with Gasteiger partial charge in [-0.3, -0.25) is 0 Å². The van der Waals surface area contributed by atoms with Crippen molar-refractivity contribution in [2.24, 2.45) is 0 Å². The second kappa shape index (κ2) is 10.4. The van der Waals surface area contributed by atoms with Crippen LogP contribution < -0.4 is 15.5 Å². The van der Waals surface area contributed by atoms with E-state index in [-0.39, 0.29) is 11.8 Å². The van der Waals surface area contributed by atoms with Crippen molar-refractivity contribution < 1.29 is 13.9 Å². The largest absolute Gasteiger partial charge is 0.378 e. The highest BCUT2D eigenvalue weighted by molar-refractivity contribution is 7.77. The number of ether oxygens (including phenoxy) is 1. The first-order valence-electron chi connectivity index (χ1n) is 10.3. The third-order valence-electron chi connectivity index (χ3n) is 4.98. The lowest BCUT2D eigenvalue weighted by Crippen LogP contribution is -2.37. The minimum Gasteiger partial charge on any atom is -0.378 e. The molecular weight excluding hydrogens is 429 g/mol. The molecule has 9 heteroatoms. The van der Waals surface area contributed by atoms with Gasteiger partial charge in [-0.05, 0) is 48.5 Å². The van der Waals surface area contributed by atoms with Gasteiger partial charge in [0.1, 0.15) is 11.6 Å². The number of amides is 2. The molecule has 0 unspecified atom stereocenters. The topological polar surface area (TPSA) is 79.4 Å². The number of halogens is 1. The summed E-state index contributed by atoms with van der Waals surface area (Å²) in [6, 6.07) is 15.7. The lowest BCUT2D eigenvalue weighted by atomic mass is 10.2. The Labute approximate surface area is 190 Å². The van der Waals surface area contributed by atoms with Crippen LogP contribution in [0.4, 0.5) is 20.7 Å². The van der Waals surface area contributed by atoms with E-state index in [1.54, 1.807) is 19.2 Å². The van der Waals surface area contributed by atoms with Gasteiger partial charge in [0, 0.05) is 49.2 Å². The van der Waals surface area contributed by atoms with E-state index in [1.807, 2.05) is 30.3 Å². The molecule has 2 aromatic carbocycles. The van der Waals surface area contributed by atoms with E-state index in [0.29, 0.717) is 30.5 Å². The smallest absolute Gasteiger partial charge is 0.318 e. The van der Waals surface area contributed by atoms with Crippen LogP contribution in [0.1, 0.15) is 5.69 Å². The molecule has 1 aliphatic heterocycles. The SMILES string of the molecule is CNC(=O)Nc1ccc(-c2nc(C[SH+]c3ccc(F)cc3)cc(N3CCOCC3)n2)cc1. The number of nitrogens with one attached hydrogen (secondary N) is 2. The minimum atomic E-state index is -0.273. The molecule has 1 fully saturated rings. The Morgan fingerprint density at radius 1 is 1.09 bits per heavy atom. The molecule has 1 aliphatic rings. The Hall–Kier alpha value is -3.17. The number of nitrogens with zero attached hydrogens (tertiary/aromatic N) is 3. The second-order valence-corrected chi connectivity index (χ2v) is 8.36. The average Bonchev–Trinajstić information content (AvgIpc) is 2.84. The maximum absolute atomic E-state index is 13.2. The number of benzene rings is 2. The number of carbonyl (C=O) groups excluding carboxylic acids is 1. The summed E-state index contributed by atoms with van der Waals surface area (Å²) < 4.78 is 18.7. The van der Waals surface area contributed by atoms with Crippen molar-refractivity contribution in [2.75, 3.05) is 43.6 Å². The van der Waals surface area contributed by atoms with Crippen LogP contribution in [0.2, 0.25) is 0 Å². The van der Waals surface area contributed by atoms with E-state index < -0.39 is 0 Å². The van der Waals surface area contributed by atoms with Gasteiger partial charge in [0.05, 0.1) is 18.9 Å². The third kappa shape index (κ3) is 5.74. The zero-order valence-corrected chi connectivity index (χ0v) is 18.6. The number of rotatable bonds is 6. The van der Waals surface area contributed by atoms with Crippen LogP contribution in [-0.2, 0) is 22.3 Å². The van der Waals surface area contributed by atoms with E-state index >= 15 is 0 Å². The van der Waals surface area contributed by atoms with Crippen LogP contribution in [0, 0.1) is 5.82 Å². The number of carbonyl (C=O) groups is 1. The van der Waals surface area contributed by atoms with Gasteiger partial charge in [0.2, 0.25) is 0 Å². The maximum Gasteiger partial charge on any atom is 0.318 e. The number of thiol groups is 1. The fraction of sp³-hybridized carbons (Fsp3) is 0.261. The Morgan fingerprint density at radius 2 is 1.81 bits per heavy atom. The molecule has 3 aromatic rings. The highest BCUT2D eigenvalue weighted by Gasteiger charge is 2.17. The standard InChI is InChI=1S/C23H24FN5O2S/c1-25-23(30)27-18-6-2-16(3-7-18)22-26-19(15-32-20-8-4-17(24)5-9-20)14-21(28-22)29-10-12-31-13-11-29/h2-9,14H,10-13,15H2,1H3,(H2,25,27,30)/p+1. The van der Waals surface area contributed by atoms with E-state index in [4.69, 9.17) is 14.7 Å². The van der Waals surface area contributed by atoms with E-state index in [0.717, 1.165) is 46.8 Å². The number of anilines is 2. The Kier molecular flexibility index (Phi) is 7.18. The van der Waals surface area contributed by atoms with Crippen LogP contribution in [-0.4, -0.2) is 49.4 Å². The molecule has 0 spiro atoms. The third-order valence-corrected chi connectivity index (χ3v) is 6.12. The van der Waals surface area contributed by atoms with Gasteiger partial charge in [-0.1, -0.05) is 0 Å². The van der Waals surface area contributed by atoms with Crippen LogP contribution in [0.3, 0.4) is 0 Å². The maximum atomic E-state index is 13.2. The number of hydrogen-bond donors (Lipinski definition) is 2. The van der Waals surface area contributed by atoms with Crippen molar-refractivity contribution in [3.8, 4) is 11.4 Å². The number of aromatic nitrogens is 2. The first-order chi connectivity index (χ1) is 15.6. The molecule has 166 valence electrons.